The van der Waals surface area contributed by atoms with Crippen molar-refractivity contribution in [1.82, 2.24) is 10.7 Å². The normalized spacial score (nSPS) is 10.7. The molecule has 142 valence electrons. The molecule has 0 aliphatic rings. The number of benzene rings is 3. The molecular formula is C21H19N3O4. The SMILES string of the molecule is O=C(COc1ccc2ccccc2c1)NCC(=O)N/N=C/c1ccc(O)cc1. The lowest BCUT2D eigenvalue weighted by Gasteiger charge is -2.08. The highest BCUT2D eigenvalue weighted by molar-refractivity contribution is 5.87. The van der Waals surface area contributed by atoms with Crippen LogP contribution in [-0.4, -0.2) is 36.3 Å². The first-order valence-electron chi connectivity index (χ1n) is 8.59. The van der Waals surface area contributed by atoms with Crippen molar-refractivity contribution in [2.45, 2.75) is 0 Å². The minimum atomic E-state index is -0.464. The highest BCUT2D eigenvalue weighted by atomic mass is 16.5. The van der Waals surface area contributed by atoms with Gasteiger partial charge in [-0.1, -0.05) is 30.3 Å². The second-order valence-corrected chi connectivity index (χ2v) is 5.96. The predicted octanol–water partition coefficient (Wildman–Crippen LogP) is 2.19. The maximum Gasteiger partial charge on any atom is 0.259 e. The van der Waals surface area contributed by atoms with Gasteiger partial charge in [0.15, 0.2) is 6.61 Å². The fourth-order valence-corrected chi connectivity index (χ4v) is 2.41. The summed E-state index contributed by atoms with van der Waals surface area (Å²) in [6, 6.07) is 19.7. The van der Waals surface area contributed by atoms with Crippen molar-refractivity contribution in [1.29, 1.82) is 0 Å². The lowest BCUT2D eigenvalue weighted by Crippen LogP contribution is -2.37. The minimum absolute atomic E-state index is 0.148. The molecule has 0 aliphatic heterocycles. The second-order valence-electron chi connectivity index (χ2n) is 5.96. The first-order chi connectivity index (χ1) is 13.6. The van der Waals surface area contributed by atoms with E-state index in [9.17, 15) is 14.7 Å². The number of nitrogens with zero attached hydrogens (tertiary/aromatic N) is 1. The molecule has 3 aromatic carbocycles. The van der Waals surface area contributed by atoms with Gasteiger partial charge in [-0.2, -0.15) is 5.10 Å². The van der Waals surface area contributed by atoms with Crippen molar-refractivity contribution in [3.8, 4) is 11.5 Å². The highest BCUT2D eigenvalue weighted by Crippen LogP contribution is 2.20. The van der Waals surface area contributed by atoms with Crippen LogP contribution in [0, 0.1) is 0 Å². The second kappa shape index (κ2) is 9.18. The van der Waals surface area contributed by atoms with E-state index in [2.05, 4.69) is 15.8 Å². The number of hydrazone groups is 1. The zero-order chi connectivity index (χ0) is 19.8. The summed E-state index contributed by atoms with van der Waals surface area (Å²) in [6.45, 7) is -0.408. The van der Waals surface area contributed by atoms with E-state index in [-0.39, 0.29) is 18.9 Å². The molecule has 0 radical (unpaired) electrons. The van der Waals surface area contributed by atoms with Crippen molar-refractivity contribution in [3.05, 3.63) is 72.3 Å². The van der Waals surface area contributed by atoms with E-state index in [0.717, 1.165) is 10.8 Å². The third-order valence-electron chi connectivity index (χ3n) is 3.83. The standard InChI is InChI=1S/C21H19N3O4/c25-18-8-5-15(6-9-18)12-23-24-20(26)13-22-21(27)14-28-19-10-7-16-3-1-2-4-17(16)11-19/h1-12,25H,13-14H2,(H,22,27)(H,24,26)/b23-12+. The van der Waals surface area contributed by atoms with Gasteiger partial charge in [-0.3, -0.25) is 9.59 Å². The van der Waals surface area contributed by atoms with Crippen LogP contribution in [-0.2, 0) is 9.59 Å². The molecule has 0 saturated carbocycles. The molecule has 0 fully saturated rings. The van der Waals surface area contributed by atoms with Crippen LogP contribution in [0.25, 0.3) is 10.8 Å². The summed E-state index contributed by atoms with van der Waals surface area (Å²) >= 11 is 0. The van der Waals surface area contributed by atoms with E-state index in [1.807, 2.05) is 36.4 Å². The molecular weight excluding hydrogens is 358 g/mol. The van der Waals surface area contributed by atoms with E-state index in [1.165, 1.54) is 18.3 Å². The van der Waals surface area contributed by atoms with Crippen LogP contribution >= 0.6 is 0 Å². The smallest absolute Gasteiger partial charge is 0.259 e. The van der Waals surface area contributed by atoms with Crippen molar-refractivity contribution in [2.24, 2.45) is 5.10 Å². The van der Waals surface area contributed by atoms with E-state index >= 15 is 0 Å². The van der Waals surface area contributed by atoms with Crippen LogP contribution in [0.5, 0.6) is 11.5 Å². The third kappa shape index (κ3) is 5.57. The van der Waals surface area contributed by atoms with Crippen LogP contribution in [0.15, 0.2) is 71.8 Å². The summed E-state index contributed by atoms with van der Waals surface area (Å²) in [5.41, 5.74) is 3.02. The maximum absolute atomic E-state index is 11.8. The molecule has 0 spiro atoms. The molecule has 3 aromatic rings. The number of rotatable bonds is 7. The number of phenolic OH excluding ortho intramolecular Hbond substituents is 1. The number of aromatic hydroxyl groups is 1. The van der Waals surface area contributed by atoms with Crippen LogP contribution < -0.4 is 15.5 Å². The van der Waals surface area contributed by atoms with Gasteiger partial charge in [0.1, 0.15) is 11.5 Å². The number of nitrogens with one attached hydrogen (secondary N) is 2. The molecule has 28 heavy (non-hydrogen) atoms. The Kier molecular flexibility index (Phi) is 6.20. The molecule has 0 aliphatic carbocycles. The van der Waals surface area contributed by atoms with Gasteiger partial charge in [0.05, 0.1) is 12.8 Å². The molecule has 7 heteroatoms. The minimum Gasteiger partial charge on any atom is -0.508 e. The van der Waals surface area contributed by atoms with Gasteiger partial charge in [-0.15, -0.1) is 0 Å². The Balaban J connectivity index is 1.39. The molecule has 0 heterocycles. The molecule has 2 amide bonds. The van der Waals surface area contributed by atoms with Gasteiger partial charge in [-0.05, 0) is 52.7 Å². The van der Waals surface area contributed by atoms with Crippen LogP contribution in [0.4, 0.5) is 0 Å². The van der Waals surface area contributed by atoms with Gasteiger partial charge in [-0.25, -0.2) is 5.43 Å². The summed E-state index contributed by atoms with van der Waals surface area (Å²) in [7, 11) is 0. The molecule has 7 nitrogen and oxygen atoms in total. The molecule has 0 atom stereocenters. The molecule has 3 N–H and O–H groups in total. The van der Waals surface area contributed by atoms with E-state index in [4.69, 9.17) is 4.74 Å². The average Bonchev–Trinajstić information content (AvgIpc) is 2.72. The average molecular weight is 377 g/mol. The van der Waals surface area contributed by atoms with Gasteiger partial charge in [0.2, 0.25) is 0 Å². The van der Waals surface area contributed by atoms with Crippen molar-refractivity contribution in [3.63, 3.8) is 0 Å². The van der Waals surface area contributed by atoms with Crippen LogP contribution in [0.3, 0.4) is 0 Å². The number of phenols is 1. The number of carbonyl (C=O) groups excluding carboxylic acids is 2. The Bertz CT molecular complexity index is 1000. The third-order valence-corrected chi connectivity index (χ3v) is 3.83. The van der Waals surface area contributed by atoms with E-state index < -0.39 is 11.8 Å². The van der Waals surface area contributed by atoms with Gasteiger partial charge < -0.3 is 15.2 Å². The zero-order valence-corrected chi connectivity index (χ0v) is 15.0. The number of carbonyl (C=O) groups is 2. The Hall–Kier alpha value is -3.87. The fourth-order valence-electron chi connectivity index (χ4n) is 2.41. The Morgan fingerprint density at radius 1 is 0.964 bits per heavy atom. The topological polar surface area (TPSA) is 100 Å². The fraction of sp³-hybridized carbons (Fsp3) is 0.0952. The lowest BCUT2D eigenvalue weighted by atomic mass is 10.1. The number of amides is 2. The molecule has 0 saturated heterocycles. The lowest BCUT2D eigenvalue weighted by molar-refractivity contribution is -0.127. The van der Waals surface area contributed by atoms with Gasteiger partial charge in [0.25, 0.3) is 11.8 Å². The van der Waals surface area contributed by atoms with Crippen molar-refractivity contribution >= 4 is 28.8 Å². The Morgan fingerprint density at radius 3 is 2.50 bits per heavy atom. The maximum atomic E-state index is 11.8. The van der Waals surface area contributed by atoms with Gasteiger partial charge in [0, 0.05) is 0 Å². The highest BCUT2D eigenvalue weighted by Gasteiger charge is 2.06. The summed E-state index contributed by atoms with van der Waals surface area (Å²) in [4.78, 5) is 23.5. The van der Waals surface area contributed by atoms with E-state index in [1.54, 1.807) is 18.2 Å². The number of hydrogen-bond acceptors (Lipinski definition) is 5. The zero-order valence-electron chi connectivity index (χ0n) is 15.0. The largest absolute Gasteiger partial charge is 0.508 e. The first-order valence-corrected chi connectivity index (χ1v) is 8.59. The summed E-state index contributed by atoms with van der Waals surface area (Å²) < 4.78 is 5.46. The predicted molar refractivity (Wildman–Crippen MR) is 106 cm³/mol. The monoisotopic (exact) mass is 377 g/mol. The van der Waals surface area contributed by atoms with Crippen LogP contribution in [0.2, 0.25) is 0 Å². The summed E-state index contributed by atoms with van der Waals surface area (Å²) in [5.74, 6) is -0.147. The summed E-state index contributed by atoms with van der Waals surface area (Å²) in [5, 5.41) is 17.5. The number of hydrogen-bond donors (Lipinski definition) is 3. The number of ether oxygens (including phenoxy) is 1. The quantitative estimate of drug-likeness (QED) is 0.434. The van der Waals surface area contributed by atoms with Gasteiger partial charge >= 0.3 is 0 Å². The Labute approximate surface area is 161 Å². The van der Waals surface area contributed by atoms with Crippen molar-refractivity contribution in [2.75, 3.05) is 13.2 Å². The molecule has 0 aromatic heterocycles. The van der Waals surface area contributed by atoms with Crippen molar-refractivity contribution < 1.29 is 19.4 Å². The molecule has 0 unspecified atom stereocenters. The Morgan fingerprint density at radius 2 is 1.71 bits per heavy atom. The van der Waals surface area contributed by atoms with E-state index in [0.29, 0.717) is 11.3 Å². The first kappa shape index (κ1) is 18.9. The molecule has 0 bridgehead atoms. The molecule has 3 rings (SSSR count). The summed E-state index contributed by atoms with van der Waals surface area (Å²) in [6.07, 6.45) is 1.43. The van der Waals surface area contributed by atoms with Crippen LogP contribution in [0.1, 0.15) is 5.56 Å². The number of fused-ring (bicyclic) bond motifs is 1.